The summed E-state index contributed by atoms with van der Waals surface area (Å²) in [4.78, 5) is 15.5. The van der Waals surface area contributed by atoms with Crippen LogP contribution in [0.5, 0.6) is 11.5 Å². The molecule has 0 saturated carbocycles. The zero-order valence-electron chi connectivity index (χ0n) is 25.5. The molecular weight excluding hydrogens is 586 g/mol. The summed E-state index contributed by atoms with van der Waals surface area (Å²) in [5.74, 6) is -0.521. The van der Waals surface area contributed by atoms with Gasteiger partial charge < -0.3 is 49.6 Å². The topological polar surface area (TPSA) is 187 Å². The Morgan fingerprint density at radius 1 is 1.09 bits per heavy atom. The van der Waals surface area contributed by atoms with Crippen LogP contribution in [0.2, 0.25) is 0 Å². The summed E-state index contributed by atoms with van der Waals surface area (Å²) in [6, 6.07) is 10.7. The van der Waals surface area contributed by atoms with Crippen molar-refractivity contribution >= 4 is 5.91 Å². The van der Waals surface area contributed by atoms with Crippen LogP contribution in [0.3, 0.4) is 0 Å². The molecule has 45 heavy (non-hydrogen) atoms. The maximum absolute atomic E-state index is 13.2. The molecule has 0 radical (unpaired) electrons. The molecule has 0 bridgehead atoms. The molecule has 0 aliphatic carbocycles. The molecule has 2 aliphatic rings. The number of aromatic hydroxyl groups is 1. The maximum Gasteiger partial charge on any atom is 0.274 e. The first-order valence-electron chi connectivity index (χ1n) is 15.1. The van der Waals surface area contributed by atoms with Gasteiger partial charge in [-0.2, -0.15) is 0 Å². The first-order chi connectivity index (χ1) is 21.6. The highest BCUT2D eigenvalue weighted by atomic mass is 16.7. The van der Waals surface area contributed by atoms with Gasteiger partial charge in [0.25, 0.3) is 5.91 Å². The lowest BCUT2D eigenvalue weighted by Gasteiger charge is -2.39. The van der Waals surface area contributed by atoms with Gasteiger partial charge in [0.2, 0.25) is 6.29 Å². The smallest absolute Gasteiger partial charge is 0.274 e. The van der Waals surface area contributed by atoms with E-state index >= 15 is 0 Å². The predicted molar refractivity (Wildman–Crippen MR) is 162 cm³/mol. The molecule has 1 unspecified atom stereocenters. The number of hydrogen-bond acceptors (Lipinski definition) is 12. The Hall–Kier alpha value is -3.56. The van der Waals surface area contributed by atoms with Gasteiger partial charge in [0.05, 0.1) is 30.9 Å². The van der Waals surface area contributed by atoms with Crippen molar-refractivity contribution in [3.05, 3.63) is 53.2 Å². The number of benzene rings is 2. The summed E-state index contributed by atoms with van der Waals surface area (Å²) < 4.78 is 22.9. The molecule has 13 nitrogen and oxygen atoms in total. The SMILES string of the molecule is CCNC(=O)c1noc(-c2cc(C(C)C)c(O)cc2OC2O[C@H](CO)[C@H](O)[C@H](O)[C@H]2O)c1-c1ccc(CN2CCOCC2)cc1. The van der Waals surface area contributed by atoms with Gasteiger partial charge in [-0.05, 0) is 35.6 Å². The summed E-state index contributed by atoms with van der Waals surface area (Å²) >= 11 is 0. The van der Waals surface area contributed by atoms with E-state index in [1.54, 1.807) is 13.0 Å². The van der Waals surface area contributed by atoms with Gasteiger partial charge in [-0.3, -0.25) is 9.69 Å². The highest BCUT2D eigenvalue weighted by Crippen LogP contribution is 2.44. The lowest BCUT2D eigenvalue weighted by atomic mass is 9.93. The number of carbonyl (C=O) groups is 1. The van der Waals surface area contributed by atoms with Crippen LogP contribution in [-0.4, -0.2) is 112 Å². The molecule has 6 N–H and O–H groups in total. The van der Waals surface area contributed by atoms with Gasteiger partial charge >= 0.3 is 0 Å². The van der Waals surface area contributed by atoms with Crippen molar-refractivity contribution in [2.45, 2.75) is 63.9 Å². The Morgan fingerprint density at radius 2 is 1.80 bits per heavy atom. The van der Waals surface area contributed by atoms with Gasteiger partial charge in [-0.15, -0.1) is 0 Å². The van der Waals surface area contributed by atoms with Crippen molar-refractivity contribution in [1.82, 2.24) is 15.4 Å². The summed E-state index contributed by atoms with van der Waals surface area (Å²) in [7, 11) is 0. The number of aliphatic hydroxyl groups is 4. The number of amides is 1. The van der Waals surface area contributed by atoms with E-state index < -0.39 is 43.2 Å². The van der Waals surface area contributed by atoms with Crippen molar-refractivity contribution in [3.8, 4) is 33.9 Å². The largest absolute Gasteiger partial charge is 0.508 e. The van der Waals surface area contributed by atoms with E-state index in [-0.39, 0.29) is 28.9 Å². The molecule has 13 heteroatoms. The zero-order valence-corrected chi connectivity index (χ0v) is 25.5. The first kappa shape index (κ1) is 32.8. The standard InChI is InChI=1S/C32H41N3O10/c1-4-33-31(41)26-25(19-7-5-18(6-8-19)15-35-9-11-42-12-10-35)30(45-34-26)21-13-20(17(2)3)22(37)14-23(21)43-32-29(40)28(39)27(38)24(16-36)44-32/h5-8,13-14,17,24,27-29,32,36-40H,4,9-12,15-16H2,1-3H3,(H,33,41)/t24-,27+,28+,29-,32?/m1/s1. The molecule has 1 aromatic heterocycles. The average molecular weight is 628 g/mol. The van der Waals surface area contributed by atoms with Crippen LogP contribution in [0.4, 0.5) is 0 Å². The number of morpholine rings is 1. The van der Waals surface area contributed by atoms with Gasteiger partial charge in [-0.1, -0.05) is 43.3 Å². The van der Waals surface area contributed by atoms with E-state index in [0.29, 0.717) is 42.0 Å². The first-order valence-corrected chi connectivity index (χ1v) is 15.1. The Balaban J connectivity index is 1.59. The minimum Gasteiger partial charge on any atom is -0.508 e. The Morgan fingerprint density at radius 3 is 2.44 bits per heavy atom. The number of aliphatic hydroxyl groups excluding tert-OH is 4. The lowest BCUT2D eigenvalue weighted by molar-refractivity contribution is -0.277. The molecule has 2 aromatic carbocycles. The number of phenolic OH excluding ortho intramolecular Hbond substituents is 1. The maximum atomic E-state index is 13.2. The molecule has 3 aromatic rings. The number of rotatable bonds is 10. The average Bonchev–Trinajstić information content (AvgIpc) is 3.47. The molecule has 0 spiro atoms. The second-order valence-corrected chi connectivity index (χ2v) is 11.6. The highest BCUT2D eigenvalue weighted by Gasteiger charge is 2.45. The third-order valence-corrected chi connectivity index (χ3v) is 8.08. The van der Waals surface area contributed by atoms with E-state index in [9.17, 15) is 30.3 Å². The number of phenols is 1. The van der Waals surface area contributed by atoms with Crippen molar-refractivity contribution in [3.63, 3.8) is 0 Å². The number of hydrogen-bond donors (Lipinski definition) is 6. The third-order valence-electron chi connectivity index (χ3n) is 8.08. The lowest BCUT2D eigenvalue weighted by Crippen LogP contribution is -2.60. The normalized spacial score (nSPS) is 24.1. The summed E-state index contributed by atoms with van der Waals surface area (Å²) in [5.41, 5.74) is 3.01. The summed E-state index contributed by atoms with van der Waals surface area (Å²) in [6.45, 7) is 9.12. The quantitative estimate of drug-likeness (QED) is 0.191. The number of nitrogens with one attached hydrogen (secondary N) is 1. The molecule has 2 aliphatic heterocycles. The van der Waals surface area contributed by atoms with E-state index in [4.69, 9.17) is 18.7 Å². The molecule has 244 valence electrons. The number of nitrogens with zero attached hydrogens (tertiary/aromatic N) is 2. The minimum absolute atomic E-state index is 0.00924. The van der Waals surface area contributed by atoms with Gasteiger partial charge in [0.1, 0.15) is 35.9 Å². The Labute approximate surface area is 260 Å². The van der Waals surface area contributed by atoms with Crippen LogP contribution >= 0.6 is 0 Å². The van der Waals surface area contributed by atoms with Crippen molar-refractivity contribution in [1.29, 1.82) is 0 Å². The fraction of sp³-hybridized carbons (Fsp3) is 0.500. The predicted octanol–water partition coefficient (Wildman–Crippen LogP) is 1.60. The van der Waals surface area contributed by atoms with Gasteiger partial charge in [-0.25, -0.2) is 0 Å². The minimum atomic E-state index is -1.69. The number of ether oxygens (including phenoxy) is 3. The monoisotopic (exact) mass is 627 g/mol. The molecule has 5 rings (SSSR count). The van der Waals surface area contributed by atoms with Crippen molar-refractivity contribution in [2.24, 2.45) is 0 Å². The fourth-order valence-electron chi connectivity index (χ4n) is 5.55. The Kier molecular flexibility index (Phi) is 10.4. The van der Waals surface area contributed by atoms with Gasteiger partial charge in [0.15, 0.2) is 11.5 Å². The molecule has 3 heterocycles. The van der Waals surface area contributed by atoms with Crippen molar-refractivity contribution < 1.29 is 49.1 Å². The fourth-order valence-corrected chi connectivity index (χ4v) is 5.55. The molecule has 5 atom stereocenters. The van der Waals surface area contributed by atoms with E-state index in [1.807, 2.05) is 38.1 Å². The molecular formula is C32H41N3O10. The third kappa shape index (κ3) is 6.99. The Bertz CT molecular complexity index is 1450. The van der Waals surface area contributed by atoms with Crippen molar-refractivity contribution in [2.75, 3.05) is 39.5 Å². The van der Waals surface area contributed by atoms with Crippen LogP contribution in [0.1, 0.15) is 48.3 Å². The van der Waals surface area contributed by atoms with Crippen LogP contribution in [0, 0.1) is 0 Å². The summed E-state index contributed by atoms with van der Waals surface area (Å²) in [6.07, 6.45) is -7.68. The summed E-state index contributed by atoms with van der Waals surface area (Å²) in [5, 5.41) is 58.7. The van der Waals surface area contributed by atoms with Crippen LogP contribution in [0.25, 0.3) is 22.5 Å². The molecule has 2 saturated heterocycles. The van der Waals surface area contributed by atoms with E-state index in [1.165, 1.54) is 6.07 Å². The second-order valence-electron chi connectivity index (χ2n) is 11.6. The molecule has 1 amide bonds. The van der Waals surface area contributed by atoms with E-state index in [2.05, 4.69) is 15.4 Å². The van der Waals surface area contributed by atoms with Crippen LogP contribution in [-0.2, 0) is 16.0 Å². The van der Waals surface area contributed by atoms with Crippen LogP contribution in [0.15, 0.2) is 40.9 Å². The number of aromatic nitrogens is 1. The van der Waals surface area contributed by atoms with Crippen LogP contribution < -0.4 is 10.1 Å². The molecule has 2 fully saturated rings. The highest BCUT2D eigenvalue weighted by molar-refractivity contribution is 6.02. The zero-order chi connectivity index (χ0) is 32.2. The van der Waals surface area contributed by atoms with Gasteiger partial charge in [0, 0.05) is 32.2 Å². The number of carbonyl (C=O) groups excluding carboxylic acids is 1. The van der Waals surface area contributed by atoms with E-state index in [0.717, 1.165) is 25.2 Å². The second kappa shape index (κ2) is 14.3.